The molecule has 7 nitrogen and oxygen atoms in total. The van der Waals surface area contributed by atoms with Crippen LogP contribution in [0.3, 0.4) is 0 Å². The van der Waals surface area contributed by atoms with Gasteiger partial charge in [-0.05, 0) is 19.1 Å². The molecule has 8 heteroatoms. The molecule has 110 valence electrons. The summed E-state index contributed by atoms with van der Waals surface area (Å²) < 4.78 is 23.3. The highest BCUT2D eigenvalue weighted by molar-refractivity contribution is 5.86. The van der Waals surface area contributed by atoms with Crippen LogP contribution in [0.2, 0.25) is 0 Å². The normalized spacial score (nSPS) is 10.4. The molecule has 0 radical (unpaired) electrons. The highest BCUT2D eigenvalue weighted by atomic mass is 19.1. The average Bonchev–Trinajstić information content (AvgIpc) is 2.77. The van der Waals surface area contributed by atoms with E-state index >= 15 is 0 Å². The van der Waals surface area contributed by atoms with Crippen molar-refractivity contribution in [2.24, 2.45) is 0 Å². The van der Waals surface area contributed by atoms with Crippen molar-refractivity contribution in [1.29, 1.82) is 0 Å². The van der Waals surface area contributed by atoms with E-state index in [2.05, 4.69) is 0 Å². The van der Waals surface area contributed by atoms with Crippen LogP contribution in [0.5, 0.6) is 5.75 Å². The Labute approximate surface area is 117 Å². The molecule has 0 atom stereocenters. The van der Waals surface area contributed by atoms with Gasteiger partial charge in [-0.2, -0.15) is 0 Å². The molecule has 21 heavy (non-hydrogen) atoms. The van der Waals surface area contributed by atoms with Gasteiger partial charge in [-0.25, -0.2) is 9.18 Å². The SMILES string of the molecule is Cc1cc(COc2cc(F)ccc2[N+](=O)[O-])oc1C(=O)O. The first-order valence-electron chi connectivity index (χ1n) is 5.78. The predicted molar refractivity (Wildman–Crippen MR) is 67.8 cm³/mol. The molecule has 2 aromatic rings. The molecule has 0 aliphatic rings. The number of nitro benzene ring substituents is 1. The molecule has 0 bridgehead atoms. The number of benzene rings is 1. The fraction of sp³-hybridized carbons (Fsp3) is 0.154. The van der Waals surface area contributed by atoms with Crippen LogP contribution in [0.1, 0.15) is 21.9 Å². The predicted octanol–water partition coefficient (Wildman–Crippen LogP) is 2.91. The summed E-state index contributed by atoms with van der Waals surface area (Å²) >= 11 is 0. The number of furan rings is 1. The summed E-state index contributed by atoms with van der Waals surface area (Å²) in [7, 11) is 0. The van der Waals surface area contributed by atoms with E-state index in [0.29, 0.717) is 5.56 Å². The first kappa shape index (κ1) is 14.5. The number of nitro groups is 1. The smallest absolute Gasteiger partial charge is 0.372 e. The van der Waals surface area contributed by atoms with Crippen LogP contribution in [-0.2, 0) is 6.61 Å². The lowest BCUT2D eigenvalue weighted by Crippen LogP contribution is -1.99. The van der Waals surface area contributed by atoms with Gasteiger partial charge in [-0.15, -0.1) is 0 Å². The average molecular weight is 295 g/mol. The number of aromatic carboxylic acids is 1. The van der Waals surface area contributed by atoms with Crippen LogP contribution < -0.4 is 4.74 Å². The molecule has 0 saturated carbocycles. The summed E-state index contributed by atoms with van der Waals surface area (Å²) in [6.07, 6.45) is 0. The maximum absolute atomic E-state index is 13.1. The lowest BCUT2D eigenvalue weighted by molar-refractivity contribution is -0.386. The molecule has 0 amide bonds. The van der Waals surface area contributed by atoms with Crippen LogP contribution >= 0.6 is 0 Å². The Morgan fingerprint density at radius 1 is 1.48 bits per heavy atom. The number of nitrogens with zero attached hydrogens (tertiary/aromatic N) is 1. The number of carboxylic acids is 1. The third kappa shape index (κ3) is 3.16. The highest BCUT2D eigenvalue weighted by Gasteiger charge is 2.18. The van der Waals surface area contributed by atoms with Crippen LogP contribution in [0.25, 0.3) is 0 Å². The Morgan fingerprint density at radius 3 is 2.76 bits per heavy atom. The molecule has 0 aliphatic carbocycles. The minimum Gasteiger partial charge on any atom is -0.479 e. The molecule has 0 saturated heterocycles. The van der Waals surface area contributed by atoms with Gasteiger partial charge >= 0.3 is 11.7 Å². The number of carboxylic acid groups (broad SMARTS) is 1. The number of rotatable bonds is 5. The number of halogens is 1. The standard InChI is InChI=1S/C13H10FNO6/c1-7-4-9(21-12(7)13(16)17)6-20-11-5-8(14)2-3-10(11)15(18)19/h2-5H,6H2,1H3,(H,16,17). The van der Waals surface area contributed by atoms with E-state index in [-0.39, 0.29) is 23.9 Å². The van der Waals surface area contributed by atoms with Gasteiger partial charge in [0.05, 0.1) is 4.92 Å². The van der Waals surface area contributed by atoms with E-state index in [1.807, 2.05) is 0 Å². The molecule has 1 N–H and O–H groups in total. The van der Waals surface area contributed by atoms with E-state index in [1.54, 1.807) is 6.92 Å². The van der Waals surface area contributed by atoms with Crippen molar-refractivity contribution in [2.45, 2.75) is 13.5 Å². The third-order valence-corrected chi connectivity index (χ3v) is 2.65. The Bertz CT molecular complexity index is 709. The fourth-order valence-electron chi connectivity index (χ4n) is 1.73. The van der Waals surface area contributed by atoms with Gasteiger partial charge < -0.3 is 14.3 Å². The Hall–Kier alpha value is -2.90. The number of ether oxygens (including phenoxy) is 1. The molecule has 0 unspecified atom stereocenters. The van der Waals surface area contributed by atoms with Crippen molar-refractivity contribution >= 4 is 11.7 Å². The van der Waals surface area contributed by atoms with Crippen LogP contribution in [0.4, 0.5) is 10.1 Å². The Morgan fingerprint density at radius 2 is 2.19 bits per heavy atom. The summed E-state index contributed by atoms with van der Waals surface area (Å²) in [5.41, 5.74) is 0.00739. The number of hydrogen-bond donors (Lipinski definition) is 1. The monoisotopic (exact) mass is 295 g/mol. The van der Waals surface area contributed by atoms with E-state index in [9.17, 15) is 19.3 Å². The lowest BCUT2D eigenvalue weighted by Gasteiger charge is -2.05. The molecule has 0 spiro atoms. The number of aryl methyl sites for hydroxylation is 1. The zero-order chi connectivity index (χ0) is 15.6. The van der Waals surface area contributed by atoms with E-state index in [0.717, 1.165) is 18.2 Å². The van der Waals surface area contributed by atoms with E-state index < -0.39 is 22.4 Å². The third-order valence-electron chi connectivity index (χ3n) is 2.65. The van der Waals surface area contributed by atoms with Crippen LogP contribution in [0, 0.1) is 22.9 Å². The summed E-state index contributed by atoms with van der Waals surface area (Å²) in [6.45, 7) is 1.29. The number of carbonyl (C=O) groups is 1. The van der Waals surface area contributed by atoms with Crippen molar-refractivity contribution in [3.63, 3.8) is 0 Å². The van der Waals surface area contributed by atoms with Crippen molar-refractivity contribution in [1.82, 2.24) is 0 Å². The van der Waals surface area contributed by atoms with Gasteiger partial charge in [0.15, 0.2) is 5.75 Å². The van der Waals surface area contributed by atoms with Crippen molar-refractivity contribution in [2.75, 3.05) is 0 Å². The minimum atomic E-state index is -1.23. The van der Waals surface area contributed by atoms with E-state index in [4.69, 9.17) is 14.3 Å². The molecular weight excluding hydrogens is 285 g/mol. The number of hydrogen-bond acceptors (Lipinski definition) is 5. The summed E-state index contributed by atoms with van der Waals surface area (Å²) in [5.74, 6) is -2.23. The Balaban J connectivity index is 2.20. The van der Waals surface area contributed by atoms with Gasteiger partial charge in [-0.3, -0.25) is 10.1 Å². The van der Waals surface area contributed by atoms with Gasteiger partial charge in [0.2, 0.25) is 5.76 Å². The van der Waals surface area contributed by atoms with Crippen LogP contribution in [-0.4, -0.2) is 16.0 Å². The van der Waals surface area contributed by atoms with Gasteiger partial charge in [0.1, 0.15) is 18.2 Å². The summed E-state index contributed by atoms with van der Waals surface area (Å²) in [4.78, 5) is 20.9. The topological polar surface area (TPSA) is 103 Å². The van der Waals surface area contributed by atoms with Crippen molar-refractivity contribution < 1.29 is 28.4 Å². The molecule has 1 heterocycles. The first-order valence-corrected chi connectivity index (χ1v) is 5.78. The van der Waals surface area contributed by atoms with Gasteiger partial charge in [0, 0.05) is 17.7 Å². The summed E-state index contributed by atoms with van der Waals surface area (Å²) in [5, 5.41) is 19.6. The summed E-state index contributed by atoms with van der Waals surface area (Å²) in [6, 6.07) is 4.26. The minimum absolute atomic E-state index is 0.170. The molecule has 0 fully saturated rings. The van der Waals surface area contributed by atoms with Crippen LogP contribution in [0.15, 0.2) is 28.7 Å². The van der Waals surface area contributed by atoms with Crippen molar-refractivity contribution in [3.8, 4) is 5.75 Å². The van der Waals surface area contributed by atoms with E-state index in [1.165, 1.54) is 6.07 Å². The maximum atomic E-state index is 13.1. The zero-order valence-electron chi connectivity index (χ0n) is 10.8. The highest BCUT2D eigenvalue weighted by Crippen LogP contribution is 2.28. The molecule has 2 rings (SSSR count). The van der Waals surface area contributed by atoms with Crippen molar-refractivity contribution in [3.05, 3.63) is 57.3 Å². The molecule has 0 aliphatic heterocycles. The fourth-order valence-corrected chi connectivity index (χ4v) is 1.73. The molecule has 1 aromatic carbocycles. The first-order chi connectivity index (χ1) is 9.88. The quantitative estimate of drug-likeness (QED) is 0.672. The second-order valence-electron chi connectivity index (χ2n) is 4.19. The zero-order valence-corrected chi connectivity index (χ0v) is 10.8. The Kier molecular flexibility index (Phi) is 3.88. The molecular formula is C13H10FNO6. The molecule has 1 aromatic heterocycles. The maximum Gasteiger partial charge on any atom is 0.372 e. The van der Waals surface area contributed by atoms with Gasteiger partial charge in [-0.1, -0.05) is 0 Å². The lowest BCUT2D eigenvalue weighted by atomic mass is 10.2. The van der Waals surface area contributed by atoms with Gasteiger partial charge in [0.25, 0.3) is 0 Å². The second-order valence-corrected chi connectivity index (χ2v) is 4.19. The second kappa shape index (κ2) is 5.61. The largest absolute Gasteiger partial charge is 0.479 e.